The molecule has 1 aromatic heterocycles. The predicted molar refractivity (Wildman–Crippen MR) is 75.9 cm³/mol. The van der Waals surface area contributed by atoms with Crippen molar-refractivity contribution in [2.45, 2.75) is 37.6 Å². The van der Waals surface area contributed by atoms with Crippen LogP contribution < -0.4 is 5.32 Å². The highest BCUT2D eigenvalue weighted by Crippen LogP contribution is 2.37. The van der Waals surface area contributed by atoms with Crippen LogP contribution in [0.15, 0.2) is 11.2 Å². The second kappa shape index (κ2) is 5.13. The molecule has 1 spiro atoms. The van der Waals surface area contributed by atoms with Crippen molar-refractivity contribution < 1.29 is 8.42 Å². The Bertz CT molecular complexity index is 575. The number of nitrogens with one attached hydrogen (secondary N) is 2. The van der Waals surface area contributed by atoms with E-state index >= 15 is 0 Å². The van der Waals surface area contributed by atoms with Gasteiger partial charge in [-0.3, -0.25) is 0 Å². The van der Waals surface area contributed by atoms with Gasteiger partial charge in [0.25, 0.3) is 10.0 Å². The summed E-state index contributed by atoms with van der Waals surface area (Å²) in [5.41, 5.74) is 0.138. The first-order chi connectivity index (χ1) is 9.56. The molecule has 3 rings (SSSR count). The van der Waals surface area contributed by atoms with E-state index in [0.29, 0.717) is 19.5 Å². The number of hydrogen-bond donors (Lipinski definition) is 2. The van der Waals surface area contributed by atoms with Gasteiger partial charge < -0.3 is 10.3 Å². The van der Waals surface area contributed by atoms with E-state index in [2.05, 4.69) is 15.3 Å². The average Bonchev–Trinajstić information content (AvgIpc) is 3.08. The van der Waals surface area contributed by atoms with Gasteiger partial charge in [-0.25, -0.2) is 13.4 Å². The first kappa shape index (κ1) is 14.0. The molecule has 112 valence electrons. The number of rotatable bonds is 3. The van der Waals surface area contributed by atoms with Gasteiger partial charge in [-0.2, -0.15) is 4.31 Å². The highest BCUT2D eigenvalue weighted by atomic mass is 32.2. The van der Waals surface area contributed by atoms with Crippen LogP contribution in [0.5, 0.6) is 0 Å². The van der Waals surface area contributed by atoms with Crippen LogP contribution in [0.2, 0.25) is 0 Å². The van der Waals surface area contributed by atoms with Crippen LogP contribution in [-0.2, 0) is 16.4 Å². The zero-order valence-electron chi connectivity index (χ0n) is 11.9. The van der Waals surface area contributed by atoms with Crippen LogP contribution >= 0.6 is 0 Å². The molecule has 2 saturated heterocycles. The lowest BCUT2D eigenvalue weighted by atomic mass is 9.80. The minimum absolute atomic E-state index is 0.138. The molecule has 6 nitrogen and oxygen atoms in total. The molecule has 2 N–H and O–H groups in total. The molecule has 0 radical (unpaired) electrons. The van der Waals surface area contributed by atoms with Gasteiger partial charge in [-0.1, -0.05) is 6.92 Å². The fourth-order valence-electron chi connectivity index (χ4n) is 3.30. The number of hydrogen-bond acceptors (Lipinski definition) is 4. The van der Waals surface area contributed by atoms with Crippen molar-refractivity contribution in [1.29, 1.82) is 0 Å². The van der Waals surface area contributed by atoms with Crippen molar-refractivity contribution >= 4 is 10.0 Å². The van der Waals surface area contributed by atoms with Crippen molar-refractivity contribution in [3.63, 3.8) is 0 Å². The maximum atomic E-state index is 12.7. The normalized spacial score (nSPS) is 28.2. The molecule has 0 unspecified atom stereocenters. The molecule has 2 aliphatic heterocycles. The number of nitrogens with zero attached hydrogens (tertiary/aromatic N) is 2. The number of aromatic nitrogens is 2. The SMILES string of the molecule is CCc1ncc(S(=O)(=O)N2CCC[C@@]3(CCNC3)C2)[nH]1. The molecule has 20 heavy (non-hydrogen) atoms. The van der Waals surface area contributed by atoms with Crippen LogP contribution in [-0.4, -0.2) is 48.9 Å². The summed E-state index contributed by atoms with van der Waals surface area (Å²) in [5.74, 6) is 0.720. The predicted octanol–water partition coefficient (Wildman–Crippen LogP) is 0.736. The molecule has 0 aliphatic carbocycles. The molecule has 1 aromatic rings. The van der Waals surface area contributed by atoms with Crippen LogP contribution in [0.3, 0.4) is 0 Å². The van der Waals surface area contributed by atoms with Gasteiger partial charge in [-0.15, -0.1) is 0 Å². The highest BCUT2D eigenvalue weighted by molar-refractivity contribution is 7.89. The van der Waals surface area contributed by atoms with E-state index in [9.17, 15) is 8.42 Å². The Labute approximate surface area is 120 Å². The van der Waals surface area contributed by atoms with Crippen LogP contribution in [0.4, 0.5) is 0 Å². The van der Waals surface area contributed by atoms with Gasteiger partial charge in [-0.05, 0) is 31.2 Å². The molecule has 0 aromatic carbocycles. The van der Waals surface area contributed by atoms with Crippen LogP contribution in [0.1, 0.15) is 32.0 Å². The molecular formula is C13H22N4O2S. The summed E-state index contributed by atoms with van der Waals surface area (Å²) in [6.07, 6.45) is 5.29. The van der Waals surface area contributed by atoms with E-state index < -0.39 is 10.0 Å². The summed E-state index contributed by atoms with van der Waals surface area (Å²) in [6.45, 7) is 5.13. The molecular weight excluding hydrogens is 276 g/mol. The molecule has 0 saturated carbocycles. The number of imidazole rings is 1. The Kier molecular flexibility index (Phi) is 3.60. The van der Waals surface area contributed by atoms with Crippen molar-refractivity contribution in [3.05, 3.63) is 12.0 Å². The molecule has 2 fully saturated rings. The Balaban J connectivity index is 1.83. The van der Waals surface area contributed by atoms with E-state index in [0.717, 1.165) is 38.2 Å². The number of H-pyrrole nitrogens is 1. The molecule has 1 atom stereocenters. The lowest BCUT2D eigenvalue weighted by Gasteiger charge is -2.38. The maximum absolute atomic E-state index is 12.7. The minimum atomic E-state index is -3.43. The third-order valence-corrected chi connectivity index (χ3v) is 6.27. The number of aromatic amines is 1. The lowest BCUT2D eigenvalue weighted by molar-refractivity contribution is 0.166. The van der Waals surface area contributed by atoms with Gasteiger partial charge in [0.15, 0.2) is 5.03 Å². The maximum Gasteiger partial charge on any atom is 0.260 e. The van der Waals surface area contributed by atoms with E-state index in [1.807, 2.05) is 6.92 Å². The Morgan fingerprint density at radius 1 is 1.45 bits per heavy atom. The van der Waals surface area contributed by atoms with Crippen LogP contribution in [0.25, 0.3) is 0 Å². The van der Waals surface area contributed by atoms with E-state index in [4.69, 9.17) is 0 Å². The lowest BCUT2D eigenvalue weighted by Crippen LogP contribution is -2.47. The van der Waals surface area contributed by atoms with Gasteiger partial charge in [0, 0.05) is 26.1 Å². The fourth-order valence-corrected chi connectivity index (χ4v) is 4.83. The third-order valence-electron chi connectivity index (χ3n) is 4.52. The second-order valence-electron chi connectivity index (χ2n) is 5.92. The zero-order chi connectivity index (χ0) is 14.2. The van der Waals surface area contributed by atoms with E-state index in [-0.39, 0.29) is 10.4 Å². The Morgan fingerprint density at radius 3 is 2.95 bits per heavy atom. The monoisotopic (exact) mass is 298 g/mol. The first-order valence-corrected chi connectivity index (χ1v) is 8.75. The van der Waals surface area contributed by atoms with Gasteiger partial charge >= 0.3 is 0 Å². The minimum Gasteiger partial charge on any atom is -0.332 e. The first-order valence-electron chi connectivity index (χ1n) is 7.30. The summed E-state index contributed by atoms with van der Waals surface area (Å²) in [6, 6.07) is 0. The summed E-state index contributed by atoms with van der Waals surface area (Å²) in [7, 11) is -3.43. The van der Waals surface area contributed by atoms with Crippen molar-refractivity contribution in [2.24, 2.45) is 5.41 Å². The molecule has 2 aliphatic rings. The van der Waals surface area contributed by atoms with E-state index in [1.54, 1.807) is 4.31 Å². The van der Waals surface area contributed by atoms with E-state index in [1.165, 1.54) is 6.20 Å². The average molecular weight is 298 g/mol. The second-order valence-corrected chi connectivity index (χ2v) is 7.82. The van der Waals surface area contributed by atoms with Crippen LogP contribution in [0, 0.1) is 5.41 Å². The summed E-state index contributed by atoms with van der Waals surface area (Å²) in [4.78, 5) is 7.03. The summed E-state index contributed by atoms with van der Waals surface area (Å²) in [5, 5.41) is 3.60. The summed E-state index contributed by atoms with van der Waals surface area (Å²) < 4.78 is 27.0. The quantitative estimate of drug-likeness (QED) is 0.862. The molecule has 3 heterocycles. The molecule has 7 heteroatoms. The van der Waals surface area contributed by atoms with Crippen molar-refractivity contribution in [1.82, 2.24) is 19.6 Å². The highest BCUT2D eigenvalue weighted by Gasteiger charge is 2.42. The largest absolute Gasteiger partial charge is 0.332 e. The standard InChI is InChI=1S/C13H22N4O2S/c1-2-11-15-8-12(16-11)20(18,19)17-7-3-4-13(10-17)5-6-14-9-13/h8,14H,2-7,9-10H2,1H3,(H,15,16)/t13-/m0/s1. The van der Waals surface area contributed by atoms with Crippen molar-refractivity contribution in [3.8, 4) is 0 Å². The number of piperidine rings is 1. The fraction of sp³-hybridized carbons (Fsp3) is 0.769. The zero-order valence-corrected chi connectivity index (χ0v) is 12.7. The topological polar surface area (TPSA) is 78.1 Å². The molecule has 0 amide bonds. The number of sulfonamides is 1. The van der Waals surface area contributed by atoms with Gasteiger partial charge in [0.2, 0.25) is 0 Å². The molecule has 0 bridgehead atoms. The third kappa shape index (κ3) is 2.38. The number of aryl methyl sites for hydroxylation is 1. The van der Waals surface area contributed by atoms with Gasteiger partial charge in [0.05, 0.1) is 6.20 Å². The summed E-state index contributed by atoms with van der Waals surface area (Å²) >= 11 is 0. The Hall–Kier alpha value is -0.920. The Morgan fingerprint density at radius 2 is 2.30 bits per heavy atom. The van der Waals surface area contributed by atoms with Crippen molar-refractivity contribution in [2.75, 3.05) is 26.2 Å². The van der Waals surface area contributed by atoms with Gasteiger partial charge in [0.1, 0.15) is 5.82 Å². The smallest absolute Gasteiger partial charge is 0.260 e.